The molecule has 0 saturated heterocycles. The lowest BCUT2D eigenvalue weighted by atomic mass is 10.1. The third kappa shape index (κ3) is 5.56. The first-order chi connectivity index (χ1) is 17.3. The van der Waals surface area contributed by atoms with Crippen molar-refractivity contribution in [2.75, 3.05) is 11.1 Å². The lowest BCUT2D eigenvalue weighted by Crippen LogP contribution is -2.29. The van der Waals surface area contributed by atoms with Gasteiger partial charge in [-0.3, -0.25) is 9.78 Å². The summed E-state index contributed by atoms with van der Waals surface area (Å²) in [5.41, 5.74) is 8.22. The molecule has 180 valence electrons. The summed E-state index contributed by atoms with van der Waals surface area (Å²) in [5.74, 6) is -2.13. The molecular weight excluding hydrogens is 466 g/mol. The number of carbonyl (C=O) groups excluding carboxylic acids is 1. The van der Waals surface area contributed by atoms with Gasteiger partial charge >= 0.3 is 0 Å². The van der Waals surface area contributed by atoms with Crippen LogP contribution in [0, 0.1) is 23.0 Å². The van der Waals surface area contributed by atoms with Crippen LogP contribution in [0.1, 0.15) is 40.3 Å². The number of hydrogen-bond donors (Lipinski definition) is 3. The molecule has 2 aromatic carbocycles. The van der Waals surface area contributed by atoms with Crippen LogP contribution in [-0.2, 0) is 6.54 Å². The Balaban J connectivity index is 1.48. The Kier molecular flexibility index (Phi) is 7.06. The highest BCUT2D eigenvalue weighted by Gasteiger charge is 2.19. The van der Waals surface area contributed by atoms with Gasteiger partial charge in [0.15, 0.2) is 28.8 Å². The first-order valence-electron chi connectivity index (χ1n) is 10.8. The molecule has 0 fully saturated rings. The fraction of sp³-hybridized carbons (Fsp3) is 0.120. The molecule has 36 heavy (non-hydrogen) atoms. The van der Waals surface area contributed by atoms with Gasteiger partial charge in [0, 0.05) is 12.1 Å². The summed E-state index contributed by atoms with van der Waals surface area (Å²) in [6.07, 6.45) is 4.32. The average molecular weight is 486 g/mol. The van der Waals surface area contributed by atoms with Gasteiger partial charge < -0.3 is 16.4 Å². The van der Waals surface area contributed by atoms with Gasteiger partial charge in [-0.2, -0.15) is 5.26 Å². The van der Waals surface area contributed by atoms with E-state index in [1.165, 1.54) is 18.5 Å². The van der Waals surface area contributed by atoms with Gasteiger partial charge in [-0.25, -0.2) is 23.7 Å². The van der Waals surface area contributed by atoms with Crippen molar-refractivity contribution in [1.82, 2.24) is 25.3 Å². The average Bonchev–Trinajstić information content (AvgIpc) is 2.89. The van der Waals surface area contributed by atoms with Crippen molar-refractivity contribution in [3.8, 4) is 17.3 Å². The zero-order valence-electron chi connectivity index (χ0n) is 19.0. The number of nitrogens with two attached hydrogens (primary N) is 1. The van der Waals surface area contributed by atoms with E-state index < -0.39 is 23.6 Å². The molecule has 9 nitrogen and oxygen atoms in total. The Labute approximate surface area is 205 Å². The van der Waals surface area contributed by atoms with Crippen LogP contribution in [-0.4, -0.2) is 25.8 Å². The summed E-state index contributed by atoms with van der Waals surface area (Å²) in [7, 11) is 0. The Bertz CT molecular complexity index is 1440. The molecule has 0 bridgehead atoms. The molecule has 0 spiro atoms. The molecule has 4 rings (SSSR count). The Morgan fingerprint density at radius 1 is 1.06 bits per heavy atom. The SMILES string of the molecule is C[C@H](NC(=O)c1nc(C#N)cnc1NCc1ccc(-c2cnc(N)cn2)cc1)c1ccc(F)c(F)c1. The van der Waals surface area contributed by atoms with Gasteiger partial charge in [0.25, 0.3) is 5.91 Å². The molecule has 0 unspecified atom stereocenters. The topological polar surface area (TPSA) is 142 Å². The van der Waals surface area contributed by atoms with Crippen LogP contribution in [0.3, 0.4) is 0 Å². The number of rotatable bonds is 7. The number of amides is 1. The van der Waals surface area contributed by atoms with E-state index >= 15 is 0 Å². The molecule has 0 aliphatic rings. The normalized spacial score (nSPS) is 11.4. The van der Waals surface area contributed by atoms with Crippen molar-refractivity contribution in [2.24, 2.45) is 0 Å². The number of hydrogen-bond acceptors (Lipinski definition) is 8. The summed E-state index contributed by atoms with van der Waals surface area (Å²) in [6.45, 7) is 1.93. The minimum absolute atomic E-state index is 0.0415. The lowest BCUT2D eigenvalue weighted by molar-refractivity contribution is 0.0935. The number of halogens is 2. The molecule has 11 heteroatoms. The number of nitrogen functional groups attached to an aromatic ring is 1. The second-order valence-corrected chi connectivity index (χ2v) is 7.81. The molecule has 2 heterocycles. The van der Waals surface area contributed by atoms with Crippen molar-refractivity contribution in [1.29, 1.82) is 5.26 Å². The molecule has 2 aromatic heterocycles. The van der Waals surface area contributed by atoms with E-state index in [2.05, 4.69) is 30.6 Å². The van der Waals surface area contributed by atoms with Gasteiger partial charge in [0.05, 0.1) is 30.3 Å². The van der Waals surface area contributed by atoms with Gasteiger partial charge in [-0.1, -0.05) is 30.3 Å². The summed E-state index contributed by atoms with van der Waals surface area (Å²) in [5, 5.41) is 14.9. The lowest BCUT2D eigenvalue weighted by Gasteiger charge is -2.16. The molecule has 0 aliphatic carbocycles. The zero-order chi connectivity index (χ0) is 25.7. The monoisotopic (exact) mass is 486 g/mol. The van der Waals surface area contributed by atoms with Crippen LogP contribution < -0.4 is 16.4 Å². The van der Waals surface area contributed by atoms with E-state index in [-0.39, 0.29) is 17.2 Å². The van der Waals surface area contributed by atoms with Gasteiger partial charge in [0.2, 0.25) is 0 Å². The molecule has 4 N–H and O–H groups in total. The third-order valence-electron chi connectivity index (χ3n) is 5.27. The van der Waals surface area contributed by atoms with Crippen molar-refractivity contribution >= 4 is 17.5 Å². The first-order valence-corrected chi connectivity index (χ1v) is 10.8. The van der Waals surface area contributed by atoms with Crippen LogP contribution in [0.5, 0.6) is 0 Å². The van der Waals surface area contributed by atoms with Crippen molar-refractivity contribution in [3.05, 3.63) is 95.2 Å². The predicted molar refractivity (Wildman–Crippen MR) is 128 cm³/mol. The number of nitrogens with zero attached hydrogens (tertiary/aromatic N) is 5. The first kappa shape index (κ1) is 24.2. The fourth-order valence-corrected chi connectivity index (χ4v) is 3.33. The van der Waals surface area contributed by atoms with E-state index in [9.17, 15) is 18.8 Å². The molecule has 1 atom stereocenters. The highest BCUT2D eigenvalue weighted by atomic mass is 19.2. The highest BCUT2D eigenvalue weighted by molar-refractivity contribution is 5.97. The quantitative estimate of drug-likeness (QED) is 0.358. The van der Waals surface area contributed by atoms with E-state index in [0.29, 0.717) is 23.6 Å². The number of nitrogens with one attached hydrogen (secondary N) is 2. The second kappa shape index (κ2) is 10.5. The van der Waals surface area contributed by atoms with Crippen LogP contribution in [0.25, 0.3) is 11.3 Å². The standard InChI is InChI=1S/C25H20F2N8O/c1-14(17-6-7-19(26)20(27)8-17)34-25(36)23-24(33-11-18(9-28)35-23)32-10-15-2-4-16(5-3-15)21-12-31-22(29)13-30-21/h2-8,11-14H,10H2,1H3,(H2,29,31)(H,32,33)(H,34,36)/t14-/m0/s1. The second-order valence-electron chi connectivity index (χ2n) is 7.81. The molecular formula is C25H20F2N8O. The highest BCUT2D eigenvalue weighted by Crippen LogP contribution is 2.20. The molecule has 4 aromatic rings. The Hall–Kier alpha value is -4.98. The molecule has 1 amide bonds. The maximum absolute atomic E-state index is 13.6. The van der Waals surface area contributed by atoms with Gasteiger partial charge in [-0.05, 0) is 30.2 Å². The van der Waals surface area contributed by atoms with Crippen LogP contribution in [0.4, 0.5) is 20.4 Å². The zero-order valence-corrected chi connectivity index (χ0v) is 19.0. The van der Waals surface area contributed by atoms with E-state index in [1.54, 1.807) is 13.1 Å². The van der Waals surface area contributed by atoms with Crippen LogP contribution >= 0.6 is 0 Å². The van der Waals surface area contributed by atoms with Crippen LogP contribution in [0.2, 0.25) is 0 Å². The van der Waals surface area contributed by atoms with E-state index in [1.807, 2.05) is 30.3 Å². The third-order valence-corrected chi connectivity index (χ3v) is 5.27. The molecule has 0 saturated carbocycles. The van der Waals surface area contributed by atoms with Crippen molar-refractivity contribution in [3.63, 3.8) is 0 Å². The number of aromatic nitrogens is 4. The number of anilines is 2. The Morgan fingerprint density at radius 2 is 1.83 bits per heavy atom. The van der Waals surface area contributed by atoms with Gasteiger partial charge in [-0.15, -0.1) is 0 Å². The summed E-state index contributed by atoms with van der Waals surface area (Å²) in [6, 6.07) is 12.1. The minimum Gasteiger partial charge on any atom is -0.382 e. The maximum atomic E-state index is 13.6. The number of benzene rings is 2. The summed E-state index contributed by atoms with van der Waals surface area (Å²) in [4.78, 5) is 29.5. The number of nitriles is 1. The van der Waals surface area contributed by atoms with E-state index in [4.69, 9.17) is 5.73 Å². The van der Waals surface area contributed by atoms with E-state index in [0.717, 1.165) is 23.3 Å². The van der Waals surface area contributed by atoms with Gasteiger partial charge in [0.1, 0.15) is 11.9 Å². The minimum atomic E-state index is -1.02. The summed E-state index contributed by atoms with van der Waals surface area (Å²) < 4.78 is 26.8. The molecule has 0 aliphatic heterocycles. The Morgan fingerprint density at radius 3 is 2.50 bits per heavy atom. The predicted octanol–water partition coefficient (Wildman–Crippen LogP) is 3.77. The molecule has 0 radical (unpaired) electrons. The van der Waals surface area contributed by atoms with Crippen LogP contribution in [0.15, 0.2) is 61.1 Å². The maximum Gasteiger partial charge on any atom is 0.274 e. The fourth-order valence-electron chi connectivity index (χ4n) is 3.33. The number of carbonyl (C=O) groups is 1. The van der Waals surface area contributed by atoms with Crippen molar-refractivity contribution in [2.45, 2.75) is 19.5 Å². The smallest absolute Gasteiger partial charge is 0.274 e. The van der Waals surface area contributed by atoms with Crippen molar-refractivity contribution < 1.29 is 13.6 Å². The largest absolute Gasteiger partial charge is 0.382 e. The summed E-state index contributed by atoms with van der Waals surface area (Å²) >= 11 is 0.